The lowest BCUT2D eigenvalue weighted by Crippen LogP contribution is -2.29. The summed E-state index contributed by atoms with van der Waals surface area (Å²) in [6, 6.07) is 16.1. The second-order valence-electron chi connectivity index (χ2n) is 4.71. The third kappa shape index (κ3) is 2.21. The second-order valence-corrected chi connectivity index (χ2v) is 5.15. The van der Waals surface area contributed by atoms with Crippen molar-refractivity contribution in [3.63, 3.8) is 0 Å². The predicted octanol–water partition coefficient (Wildman–Crippen LogP) is 3.39. The molecule has 20 heavy (non-hydrogen) atoms. The number of nitrogens with zero attached hydrogens (tertiary/aromatic N) is 1. The first kappa shape index (κ1) is 12.9. The summed E-state index contributed by atoms with van der Waals surface area (Å²) in [5.41, 5.74) is 1.45. The molecule has 1 aliphatic heterocycles. The van der Waals surface area contributed by atoms with Gasteiger partial charge in [-0.15, -0.1) is 0 Å². The van der Waals surface area contributed by atoms with Crippen molar-refractivity contribution in [2.24, 2.45) is 0 Å². The van der Waals surface area contributed by atoms with E-state index in [1.165, 1.54) is 4.90 Å². The van der Waals surface area contributed by atoms with Crippen molar-refractivity contribution in [3.05, 3.63) is 65.2 Å². The van der Waals surface area contributed by atoms with Crippen LogP contribution in [0.5, 0.6) is 0 Å². The fourth-order valence-corrected chi connectivity index (χ4v) is 2.57. The SMILES string of the molecule is O=C1CC(c2ccccc2)C(=O)N1c1ccc(Cl)cc1. The van der Waals surface area contributed by atoms with Gasteiger partial charge in [0.1, 0.15) is 0 Å². The molecule has 1 atom stereocenters. The minimum atomic E-state index is -0.389. The van der Waals surface area contributed by atoms with E-state index in [0.29, 0.717) is 10.7 Å². The van der Waals surface area contributed by atoms with Crippen LogP contribution >= 0.6 is 11.6 Å². The van der Waals surface area contributed by atoms with Gasteiger partial charge in [-0.05, 0) is 29.8 Å². The van der Waals surface area contributed by atoms with Gasteiger partial charge < -0.3 is 0 Å². The molecule has 1 heterocycles. The molecule has 0 N–H and O–H groups in total. The fourth-order valence-electron chi connectivity index (χ4n) is 2.44. The molecule has 2 amide bonds. The zero-order valence-corrected chi connectivity index (χ0v) is 11.4. The summed E-state index contributed by atoms with van der Waals surface area (Å²) in [7, 11) is 0. The number of hydrogen-bond acceptors (Lipinski definition) is 2. The molecule has 0 spiro atoms. The number of hydrogen-bond donors (Lipinski definition) is 0. The highest BCUT2D eigenvalue weighted by molar-refractivity contribution is 6.30. The van der Waals surface area contributed by atoms with Crippen molar-refractivity contribution in [2.75, 3.05) is 4.90 Å². The number of rotatable bonds is 2. The van der Waals surface area contributed by atoms with Crippen molar-refractivity contribution in [3.8, 4) is 0 Å². The number of carbonyl (C=O) groups is 2. The van der Waals surface area contributed by atoms with Gasteiger partial charge in [0.2, 0.25) is 11.8 Å². The molecule has 0 aliphatic carbocycles. The maximum absolute atomic E-state index is 12.5. The van der Waals surface area contributed by atoms with Crippen LogP contribution in [0.2, 0.25) is 5.02 Å². The Morgan fingerprint density at radius 2 is 1.60 bits per heavy atom. The Bertz CT molecular complexity index is 652. The topological polar surface area (TPSA) is 37.4 Å². The number of anilines is 1. The van der Waals surface area contributed by atoms with Crippen molar-refractivity contribution < 1.29 is 9.59 Å². The van der Waals surface area contributed by atoms with Crippen molar-refractivity contribution in [1.29, 1.82) is 0 Å². The van der Waals surface area contributed by atoms with Gasteiger partial charge in [0.25, 0.3) is 0 Å². The van der Waals surface area contributed by atoms with Crippen LogP contribution in [-0.4, -0.2) is 11.8 Å². The average Bonchev–Trinajstić information content (AvgIpc) is 2.76. The molecule has 0 radical (unpaired) electrons. The smallest absolute Gasteiger partial charge is 0.241 e. The maximum Gasteiger partial charge on any atom is 0.241 e. The van der Waals surface area contributed by atoms with E-state index in [9.17, 15) is 9.59 Å². The monoisotopic (exact) mass is 285 g/mol. The minimum absolute atomic E-state index is 0.175. The molecule has 2 aromatic rings. The highest BCUT2D eigenvalue weighted by Crippen LogP contribution is 2.33. The van der Waals surface area contributed by atoms with Gasteiger partial charge in [0.05, 0.1) is 11.6 Å². The largest absolute Gasteiger partial charge is 0.274 e. The van der Waals surface area contributed by atoms with Crippen LogP contribution in [0.1, 0.15) is 17.9 Å². The van der Waals surface area contributed by atoms with E-state index >= 15 is 0 Å². The Labute approximate surface area is 121 Å². The van der Waals surface area contributed by atoms with E-state index in [-0.39, 0.29) is 24.2 Å². The lowest BCUT2D eigenvalue weighted by molar-refractivity contribution is -0.121. The van der Waals surface area contributed by atoms with E-state index in [4.69, 9.17) is 11.6 Å². The maximum atomic E-state index is 12.5. The van der Waals surface area contributed by atoms with Crippen LogP contribution in [0, 0.1) is 0 Å². The Balaban J connectivity index is 1.93. The van der Waals surface area contributed by atoms with Gasteiger partial charge >= 0.3 is 0 Å². The lowest BCUT2D eigenvalue weighted by atomic mass is 9.98. The van der Waals surface area contributed by atoms with E-state index in [1.54, 1.807) is 24.3 Å². The molecule has 1 unspecified atom stereocenters. The van der Waals surface area contributed by atoms with Gasteiger partial charge in [0, 0.05) is 11.4 Å². The van der Waals surface area contributed by atoms with Crippen LogP contribution in [0.4, 0.5) is 5.69 Å². The van der Waals surface area contributed by atoms with Gasteiger partial charge in [-0.25, -0.2) is 0 Å². The van der Waals surface area contributed by atoms with Gasteiger partial charge in [-0.3, -0.25) is 14.5 Å². The van der Waals surface area contributed by atoms with E-state index < -0.39 is 0 Å². The Morgan fingerprint density at radius 1 is 0.950 bits per heavy atom. The molecule has 100 valence electrons. The highest BCUT2D eigenvalue weighted by Gasteiger charge is 2.40. The Kier molecular flexibility index (Phi) is 3.28. The summed E-state index contributed by atoms with van der Waals surface area (Å²) in [4.78, 5) is 25.8. The third-order valence-corrected chi connectivity index (χ3v) is 3.69. The summed E-state index contributed by atoms with van der Waals surface area (Å²) >= 11 is 5.83. The normalized spacial score (nSPS) is 18.6. The first-order chi connectivity index (χ1) is 9.66. The Hall–Kier alpha value is -2.13. The number of halogens is 1. The number of imide groups is 1. The molecule has 1 fully saturated rings. The zero-order chi connectivity index (χ0) is 14.1. The standard InChI is InChI=1S/C16H12ClNO2/c17-12-6-8-13(9-7-12)18-15(19)10-14(16(18)20)11-4-2-1-3-5-11/h1-9,14H,10H2. The van der Waals surface area contributed by atoms with Crippen LogP contribution in [0.25, 0.3) is 0 Å². The average molecular weight is 286 g/mol. The van der Waals surface area contributed by atoms with Crippen LogP contribution in [0.15, 0.2) is 54.6 Å². The summed E-state index contributed by atoms with van der Waals surface area (Å²) in [6.45, 7) is 0. The predicted molar refractivity (Wildman–Crippen MR) is 77.7 cm³/mol. The van der Waals surface area contributed by atoms with Gasteiger partial charge in [0.15, 0.2) is 0 Å². The first-order valence-corrected chi connectivity index (χ1v) is 6.72. The molecule has 3 nitrogen and oxygen atoms in total. The summed E-state index contributed by atoms with van der Waals surface area (Å²) in [5.74, 6) is -0.742. The minimum Gasteiger partial charge on any atom is -0.274 e. The summed E-state index contributed by atoms with van der Waals surface area (Å²) in [6.07, 6.45) is 0.214. The van der Waals surface area contributed by atoms with Gasteiger partial charge in [-0.2, -0.15) is 0 Å². The van der Waals surface area contributed by atoms with Crippen LogP contribution in [0.3, 0.4) is 0 Å². The van der Waals surface area contributed by atoms with Crippen LogP contribution < -0.4 is 4.90 Å². The number of carbonyl (C=O) groups excluding carboxylic acids is 2. The highest BCUT2D eigenvalue weighted by atomic mass is 35.5. The van der Waals surface area contributed by atoms with E-state index in [0.717, 1.165) is 5.56 Å². The summed E-state index contributed by atoms with van der Waals surface area (Å²) < 4.78 is 0. The molecular formula is C16H12ClNO2. The molecule has 1 aliphatic rings. The van der Waals surface area contributed by atoms with Crippen molar-refractivity contribution in [2.45, 2.75) is 12.3 Å². The van der Waals surface area contributed by atoms with E-state index in [2.05, 4.69) is 0 Å². The molecular weight excluding hydrogens is 274 g/mol. The quantitative estimate of drug-likeness (QED) is 0.793. The van der Waals surface area contributed by atoms with E-state index in [1.807, 2.05) is 30.3 Å². The second kappa shape index (κ2) is 5.10. The molecule has 0 aromatic heterocycles. The lowest BCUT2D eigenvalue weighted by Gasteiger charge is -2.15. The van der Waals surface area contributed by atoms with Crippen LogP contribution in [-0.2, 0) is 9.59 Å². The number of benzene rings is 2. The Morgan fingerprint density at radius 3 is 2.25 bits per heavy atom. The van der Waals surface area contributed by atoms with Crippen molar-refractivity contribution >= 4 is 29.1 Å². The van der Waals surface area contributed by atoms with Crippen molar-refractivity contribution in [1.82, 2.24) is 0 Å². The molecule has 0 bridgehead atoms. The molecule has 0 saturated carbocycles. The summed E-state index contributed by atoms with van der Waals surface area (Å²) in [5, 5.41) is 0.576. The fraction of sp³-hybridized carbons (Fsp3) is 0.125. The third-order valence-electron chi connectivity index (χ3n) is 3.43. The van der Waals surface area contributed by atoms with Gasteiger partial charge in [-0.1, -0.05) is 41.9 Å². The molecule has 3 rings (SSSR count). The molecule has 4 heteroatoms. The molecule has 1 saturated heterocycles. The zero-order valence-electron chi connectivity index (χ0n) is 10.6. The first-order valence-electron chi connectivity index (χ1n) is 6.34. The number of amides is 2. The molecule has 2 aromatic carbocycles.